The van der Waals surface area contributed by atoms with E-state index in [2.05, 4.69) is 17.1 Å². The van der Waals surface area contributed by atoms with Crippen LogP contribution in [-0.2, 0) is 4.74 Å². The SMILES string of the molecule is COC1=N[C@@H]2C=C[C@@H]1CC[C@@H]1C[C@@H]12. The van der Waals surface area contributed by atoms with Gasteiger partial charge in [-0.05, 0) is 31.1 Å². The monoisotopic (exact) mass is 177 g/mol. The van der Waals surface area contributed by atoms with Crippen LogP contribution in [0.4, 0.5) is 0 Å². The van der Waals surface area contributed by atoms with Crippen molar-refractivity contribution in [2.45, 2.75) is 25.3 Å². The van der Waals surface area contributed by atoms with E-state index in [1.807, 2.05) is 0 Å². The second kappa shape index (κ2) is 2.60. The van der Waals surface area contributed by atoms with E-state index in [4.69, 9.17) is 4.74 Å². The van der Waals surface area contributed by atoms with Gasteiger partial charge in [-0.25, -0.2) is 4.99 Å². The number of dihydropyridines is 1. The zero-order valence-corrected chi connectivity index (χ0v) is 7.94. The highest BCUT2D eigenvalue weighted by Crippen LogP contribution is 2.49. The van der Waals surface area contributed by atoms with Gasteiger partial charge in [-0.15, -0.1) is 0 Å². The van der Waals surface area contributed by atoms with Crippen molar-refractivity contribution in [1.29, 1.82) is 0 Å². The van der Waals surface area contributed by atoms with Crippen LogP contribution in [-0.4, -0.2) is 19.0 Å². The van der Waals surface area contributed by atoms with Crippen LogP contribution in [0.5, 0.6) is 0 Å². The van der Waals surface area contributed by atoms with E-state index in [1.165, 1.54) is 19.3 Å². The number of methoxy groups -OCH3 is 1. The first-order valence-corrected chi connectivity index (χ1v) is 5.18. The summed E-state index contributed by atoms with van der Waals surface area (Å²) >= 11 is 0. The number of hydrogen-bond donors (Lipinski definition) is 0. The van der Waals surface area contributed by atoms with Crippen molar-refractivity contribution in [3.63, 3.8) is 0 Å². The van der Waals surface area contributed by atoms with Crippen LogP contribution in [0, 0.1) is 17.8 Å². The van der Waals surface area contributed by atoms with Crippen LogP contribution in [0.25, 0.3) is 0 Å². The van der Waals surface area contributed by atoms with Gasteiger partial charge in [0, 0.05) is 0 Å². The van der Waals surface area contributed by atoms with Gasteiger partial charge in [-0.2, -0.15) is 0 Å². The van der Waals surface area contributed by atoms with Crippen molar-refractivity contribution in [2.24, 2.45) is 22.7 Å². The normalized spacial score (nSPS) is 46.1. The molecule has 4 atom stereocenters. The quantitative estimate of drug-likeness (QED) is 0.519. The fraction of sp³-hybridized carbons (Fsp3) is 0.727. The molecule has 0 radical (unpaired) electrons. The lowest BCUT2D eigenvalue weighted by molar-refractivity contribution is 0.352. The van der Waals surface area contributed by atoms with Crippen molar-refractivity contribution < 1.29 is 4.74 Å². The van der Waals surface area contributed by atoms with Crippen LogP contribution < -0.4 is 0 Å². The lowest BCUT2D eigenvalue weighted by Gasteiger charge is -2.24. The Morgan fingerprint density at radius 2 is 2.31 bits per heavy atom. The number of hydrogen-bond acceptors (Lipinski definition) is 2. The van der Waals surface area contributed by atoms with Crippen LogP contribution in [0.1, 0.15) is 19.3 Å². The molecule has 2 nitrogen and oxygen atoms in total. The molecule has 2 heterocycles. The molecule has 0 amide bonds. The average molecular weight is 177 g/mol. The van der Waals surface area contributed by atoms with E-state index in [1.54, 1.807) is 7.11 Å². The maximum Gasteiger partial charge on any atom is 0.190 e. The molecule has 2 bridgehead atoms. The number of nitrogens with zero attached hydrogens (tertiary/aromatic N) is 1. The molecular weight excluding hydrogens is 162 g/mol. The Morgan fingerprint density at radius 3 is 3.15 bits per heavy atom. The van der Waals surface area contributed by atoms with E-state index in [9.17, 15) is 0 Å². The molecule has 4 rings (SSSR count). The lowest BCUT2D eigenvalue weighted by atomic mass is 9.92. The molecule has 13 heavy (non-hydrogen) atoms. The summed E-state index contributed by atoms with van der Waals surface area (Å²) in [5.74, 6) is 3.25. The molecule has 2 aliphatic carbocycles. The minimum atomic E-state index is 0.441. The highest BCUT2D eigenvalue weighted by Gasteiger charge is 2.45. The van der Waals surface area contributed by atoms with Crippen LogP contribution in [0.3, 0.4) is 0 Å². The molecular formula is C11H15NO. The predicted octanol–water partition coefficient (Wildman–Crippen LogP) is 2.02. The number of aliphatic imine (C=N–C) groups is 1. The fourth-order valence-corrected chi connectivity index (χ4v) is 2.69. The Kier molecular flexibility index (Phi) is 1.52. The Labute approximate surface area is 78.7 Å². The van der Waals surface area contributed by atoms with Crippen molar-refractivity contribution >= 4 is 5.90 Å². The van der Waals surface area contributed by atoms with Crippen LogP contribution >= 0.6 is 0 Å². The van der Waals surface area contributed by atoms with Gasteiger partial charge in [-0.1, -0.05) is 12.2 Å². The van der Waals surface area contributed by atoms with Crippen molar-refractivity contribution in [3.05, 3.63) is 12.2 Å². The highest BCUT2D eigenvalue weighted by molar-refractivity contribution is 5.82. The fourth-order valence-electron chi connectivity index (χ4n) is 2.69. The van der Waals surface area contributed by atoms with Gasteiger partial charge in [-0.3, -0.25) is 0 Å². The maximum absolute atomic E-state index is 5.33. The average Bonchev–Trinajstić information content (AvgIpc) is 2.88. The Morgan fingerprint density at radius 1 is 1.38 bits per heavy atom. The molecule has 0 aromatic heterocycles. The lowest BCUT2D eigenvalue weighted by Crippen LogP contribution is -2.25. The summed E-state index contributed by atoms with van der Waals surface area (Å²) in [4.78, 5) is 4.65. The van der Waals surface area contributed by atoms with E-state index in [0.29, 0.717) is 12.0 Å². The minimum Gasteiger partial charge on any atom is -0.484 e. The third-order valence-electron chi connectivity index (χ3n) is 3.61. The van der Waals surface area contributed by atoms with Crippen LogP contribution in [0.2, 0.25) is 0 Å². The second-order valence-electron chi connectivity index (χ2n) is 4.39. The molecule has 0 N–H and O–H groups in total. The minimum absolute atomic E-state index is 0.441. The summed E-state index contributed by atoms with van der Waals surface area (Å²) in [6.45, 7) is 0. The van der Waals surface area contributed by atoms with E-state index >= 15 is 0 Å². The summed E-state index contributed by atoms with van der Waals surface area (Å²) in [5, 5.41) is 0. The first-order chi connectivity index (χ1) is 6.38. The summed E-state index contributed by atoms with van der Waals surface area (Å²) in [6, 6.07) is 0.441. The molecule has 2 aliphatic heterocycles. The maximum atomic E-state index is 5.33. The molecule has 0 aromatic carbocycles. The summed E-state index contributed by atoms with van der Waals surface area (Å²) in [5.41, 5.74) is 0. The second-order valence-corrected chi connectivity index (χ2v) is 4.39. The molecule has 1 saturated carbocycles. The number of rotatable bonds is 0. The van der Waals surface area contributed by atoms with Crippen molar-refractivity contribution in [3.8, 4) is 0 Å². The molecule has 0 saturated heterocycles. The van der Waals surface area contributed by atoms with Crippen LogP contribution in [0.15, 0.2) is 17.1 Å². The molecule has 70 valence electrons. The standard InChI is InChI=1S/C11H15NO/c1-13-11-7-2-3-8-6-9(8)10(12-11)5-4-7/h4-5,7-10H,2-3,6H2,1H3/t7-,8+,9-,10+/m0/s1. The number of fused-ring (bicyclic) bond motifs is 1. The predicted molar refractivity (Wildman–Crippen MR) is 51.7 cm³/mol. The van der Waals surface area contributed by atoms with Crippen molar-refractivity contribution in [2.75, 3.05) is 7.11 Å². The Bertz CT molecular complexity index is 282. The summed E-state index contributed by atoms with van der Waals surface area (Å²) in [6.07, 6.45) is 8.58. The summed E-state index contributed by atoms with van der Waals surface area (Å²) < 4.78 is 5.33. The number of ether oxygens (including phenoxy) is 1. The smallest absolute Gasteiger partial charge is 0.190 e. The van der Waals surface area contributed by atoms with Gasteiger partial charge in [0.15, 0.2) is 5.90 Å². The third kappa shape index (κ3) is 1.11. The van der Waals surface area contributed by atoms with E-state index in [0.717, 1.165) is 17.7 Å². The largest absolute Gasteiger partial charge is 0.484 e. The summed E-state index contributed by atoms with van der Waals surface area (Å²) in [7, 11) is 1.74. The van der Waals surface area contributed by atoms with Gasteiger partial charge < -0.3 is 4.74 Å². The molecule has 1 fully saturated rings. The molecule has 2 heteroatoms. The topological polar surface area (TPSA) is 21.6 Å². The zero-order chi connectivity index (χ0) is 8.84. The first-order valence-electron chi connectivity index (χ1n) is 5.18. The third-order valence-corrected chi connectivity index (χ3v) is 3.61. The van der Waals surface area contributed by atoms with E-state index < -0.39 is 0 Å². The molecule has 4 aliphatic rings. The van der Waals surface area contributed by atoms with Crippen molar-refractivity contribution in [1.82, 2.24) is 0 Å². The Balaban J connectivity index is 1.93. The molecule has 0 spiro atoms. The first kappa shape index (κ1) is 7.60. The van der Waals surface area contributed by atoms with Gasteiger partial charge in [0.2, 0.25) is 0 Å². The van der Waals surface area contributed by atoms with Gasteiger partial charge in [0.1, 0.15) is 0 Å². The van der Waals surface area contributed by atoms with E-state index in [-0.39, 0.29) is 0 Å². The highest BCUT2D eigenvalue weighted by atomic mass is 16.5. The molecule has 0 aromatic rings. The Hall–Kier alpha value is -0.790. The van der Waals surface area contributed by atoms with Gasteiger partial charge in [0.25, 0.3) is 0 Å². The van der Waals surface area contributed by atoms with Gasteiger partial charge in [0.05, 0.1) is 19.1 Å². The molecule has 0 unspecified atom stereocenters. The zero-order valence-electron chi connectivity index (χ0n) is 7.94. The van der Waals surface area contributed by atoms with Gasteiger partial charge >= 0.3 is 0 Å².